The van der Waals surface area contributed by atoms with E-state index in [0.717, 1.165) is 22.2 Å². The zero-order chi connectivity index (χ0) is 12.8. The van der Waals surface area contributed by atoms with Gasteiger partial charge in [0.1, 0.15) is 11.3 Å². The van der Waals surface area contributed by atoms with Gasteiger partial charge in [-0.2, -0.15) is 0 Å². The molecule has 1 aromatic carbocycles. The Morgan fingerprint density at radius 3 is 2.61 bits per heavy atom. The zero-order valence-corrected chi connectivity index (χ0v) is 12.6. The summed E-state index contributed by atoms with van der Waals surface area (Å²) in [5.41, 5.74) is 0.999. The van der Waals surface area contributed by atoms with Gasteiger partial charge in [-0.15, -0.1) is 0 Å². The number of halogens is 1. The van der Waals surface area contributed by atoms with Crippen LogP contribution in [-0.4, -0.2) is 0 Å². The topological polar surface area (TPSA) is 13.1 Å². The largest absolute Gasteiger partial charge is 0.461 e. The third-order valence-corrected chi connectivity index (χ3v) is 3.80. The van der Waals surface area contributed by atoms with Gasteiger partial charge in [0.2, 0.25) is 0 Å². The van der Waals surface area contributed by atoms with Crippen molar-refractivity contribution in [3.8, 4) is 0 Å². The number of hydrogen-bond acceptors (Lipinski definition) is 1. The molecule has 1 aromatic heterocycles. The van der Waals surface area contributed by atoms with Crippen LogP contribution < -0.4 is 0 Å². The van der Waals surface area contributed by atoms with E-state index in [-0.39, 0.29) is 0 Å². The van der Waals surface area contributed by atoms with E-state index in [2.05, 4.69) is 35.0 Å². The average Bonchev–Trinajstić information content (AvgIpc) is 2.75. The summed E-state index contributed by atoms with van der Waals surface area (Å²) in [6.07, 6.45) is 9.06. The number of unbranched alkanes of at least 4 members (excludes halogenated alkanes) is 5. The van der Waals surface area contributed by atoms with Gasteiger partial charge in [-0.3, -0.25) is 0 Å². The summed E-state index contributed by atoms with van der Waals surface area (Å²) in [7, 11) is 0. The third kappa shape index (κ3) is 3.88. The molecule has 1 heterocycles. The minimum absolute atomic E-state index is 0.999. The average molecular weight is 309 g/mol. The third-order valence-electron chi connectivity index (χ3n) is 3.31. The van der Waals surface area contributed by atoms with Gasteiger partial charge in [-0.25, -0.2) is 0 Å². The van der Waals surface area contributed by atoms with E-state index in [1.807, 2.05) is 12.1 Å². The summed E-state index contributed by atoms with van der Waals surface area (Å²) in [4.78, 5) is 0. The lowest BCUT2D eigenvalue weighted by atomic mass is 10.1. The molecule has 18 heavy (non-hydrogen) atoms. The van der Waals surface area contributed by atoms with Crippen molar-refractivity contribution in [2.24, 2.45) is 0 Å². The van der Waals surface area contributed by atoms with Crippen molar-refractivity contribution < 1.29 is 4.42 Å². The zero-order valence-electron chi connectivity index (χ0n) is 11.0. The van der Waals surface area contributed by atoms with Crippen molar-refractivity contribution in [3.63, 3.8) is 0 Å². The van der Waals surface area contributed by atoms with E-state index in [9.17, 15) is 0 Å². The highest BCUT2D eigenvalue weighted by atomic mass is 79.9. The molecule has 0 aliphatic heterocycles. The fourth-order valence-corrected chi connectivity index (χ4v) is 2.65. The first-order valence-electron chi connectivity index (χ1n) is 6.97. The van der Waals surface area contributed by atoms with Gasteiger partial charge in [0.15, 0.2) is 0 Å². The lowest BCUT2D eigenvalue weighted by Crippen LogP contribution is -1.83. The summed E-state index contributed by atoms with van der Waals surface area (Å²) < 4.78 is 6.94. The highest BCUT2D eigenvalue weighted by Crippen LogP contribution is 2.24. The lowest BCUT2D eigenvalue weighted by Gasteiger charge is -1.98. The molecule has 0 N–H and O–H groups in total. The second-order valence-corrected chi connectivity index (χ2v) is 5.83. The van der Waals surface area contributed by atoms with E-state index in [4.69, 9.17) is 4.42 Å². The Bertz CT molecular complexity index is 487. The van der Waals surface area contributed by atoms with Crippen LogP contribution >= 0.6 is 15.9 Å². The Hall–Kier alpha value is -0.760. The van der Waals surface area contributed by atoms with Gasteiger partial charge in [-0.05, 0) is 30.7 Å². The molecule has 0 aliphatic rings. The number of hydrogen-bond donors (Lipinski definition) is 0. The van der Waals surface area contributed by atoms with Crippen LogP contribution in [0.25, 0.3) is 11.0 Å². The van der Waals surface area contributed by atoms with Crippen LogP contribution in [0.2, 0.25) is 0 Å². The summed E-state index contributed by atoms with van der Waals surface area (Å²) in [6, 6.07) is 8.35. The molecule has 0 bridgehead atoms. The summed E-state index contributed by atoms with van der Waals surface area (Å²) in [5, 5.41) is 1.20. The monoisotopic (exact) mass is 308 g/mol. The first-order valence-corrected chi connectivity index (χ1v) is 7.77. The van der Waals surface area contributed by atoms with Gasteiger partial charge in [0.25, 0.3) is 0 Å². The predicted octanol–water partition coefficient (Wildman–Crippen LogP) is 6.10. The van der Waals surface area contributed by atoms with E-state index in [0.29, 0.717) is 0 Å². The van der Waals surface area contributed by atoms with Crippen molar-refractivity contribution in [3.05, 3.63) is 34.5 Å². The van der Waals surface area contributed by atoms with Crippen LogP contribution in [0, 0.1) is 0 Å². The molecule has 0 amide bonds. The molecule has 0 atom stereocenters. The number of benzene rings is 1. The highest BCUT2D eigenvalue weighted by Gasteiger charge is 2.03. The molecule has 0 fully saturated rings. The van der Waals surface area contributed by atoms with E-state index >= 15 is 0 Å². The highest BCUT2D eigenvalue weighted by molar-refractivity contribution is 9.10. The molecule has 0 saturated heterocycles. The Morgan fingerprint density at radius 2 is 1.78 bits per heavy atom. The van der Waals surface area contributed by atoms with Crippen LogP contribution in [0.4, 0.5) is 0 Å². The van der Waals surface area contributed by atoms with Crippen LogP contribution in [0.1, 0.15) is 51.2 Å². The van der Waals surface area contributed by atoms with Gasteiger partial charge in [-0.1, -0.05) is 55.0 Å². The molecule has 0 saturated carbocycles. The molecule has 0 unspecified atom stereocenters. The minimum atomic E-state index is 0.999. The minimum Gasteiger partial charge on any atom is -0.461 e. The summed E-state index contributed by atoms with van der Waals surface area (Å²) >= 11 is 3.49. The molecular weight excluding hydrogens is 288 g/mol. The molecule has 2 rings (SSSR count). The van der Waals surface area contributed by atoms with Crippen molar-refractivity contribution in [2.45, 2.75) is 51.9 Å². The Morgan fingerprint density at radius 1 is 1.00 bits per heavy atom. The van der Waals surface area contributed by atoms with Gasteiger partial charge in [0.05, 0.1) is 0 Å². The molecule has 1 nitrogen and oxygen atoms in total. The summed E-state index contributed by atoms with van der Waals surface area (Å²) in [5.74, 6) is 1.12. The van der Waals surface area contributed by atoms with Gasteiger partial charge in [0, 0.05) is 16.3 Å². The van der Waals surface area contributed by atoms with Crippen molar-refractivity contribution in [1.29, 1.82) is 0 Å². The molecular formula is C16H21BrO. The van der Waals surface area contributed by atoms with E-state index < -0.39 is 0 Å². The van der Waals surface area contributed by atoms with Crippen molar-refractivity contribution >= 4 is 26.9 Å². The number of aryl methyl sites for hydroxylation is 1. The summed E-state index contributed by atoms with van der Waals surface area (Å²) in [6.45, 7) is 2.26. The van der Waals surface area contributed by atoms with E-state index in [1.54, 1.807) is 0 Å². The molecule has 0 radical (unpaired) electrons. The van der Waals surface area contributed by atoms with E-state index in [1.165, 1.54) is 43.9 Å². The second-order valence-electron chi connectivity index (χ2n) is 4.91. The first kappa shape index (κ1) is 13.7. The Balaban J connectivity index is 1.81. The number of rotatable bonds is 7. The van der Waals surface area contributed by atoms with Crippen LogP contribution in [0.3, 0.4) is 0 Å². The van der Waals surface area contributed by atoms with Gasteiger partial charge >= 0.3 is 0 Å². The predicted molar refractivity (Wildman–Crippen MR) is 81.0 cm³/mol. The van der Waals surface area contributed by atoms with Crippen LogP contribution in [-0.2, 0) is 6.42 Å². The van der Waals surface area contributed by atoms with Crippen molar-refractivity contribution in [1.82, 2.24) is 0 Å². The SMILES string of the molecule is CCCCCCCCc1cc2cc(Br)ccc2o1. The Kier molecular flexibility index (Phi) is 5.30. The number of fused-ring (bicyclic) bond motifs is 1. The van der Waals surface area contributed by atoms with Crippen LogP contribution in [0.15, 0.2) is 33.2 Å². The second kappa shape index (κ2) is 6.98. The lowest BCUT2D eigenvalue weighted by molar-refractivity contribution is 0.521. The molecule has 0 spiro atoms. The van der Waals surface area contributed by atoms with Gasteiger partial charge < -0.3 is 4.42 Å². The first-order chi connectivity index (χ1) is 8.79. The number of furan rings is 1. The fraction of sp³-hybridized carbons (Fsp3) is 0.500. The maximum absolute atomic E-state index is 5.83. The smallest absolute Gasteiger partial charge is 0.134 e. The maximum Gasteiger partial charge on any atom is 0.134 e. The molecule has 2 aromatic rings. The molecule has 98 valence electrons. The quantitative estimate of drug-likeness (QED) is 0.563. The van der Waals surface area contributed by atoms with Crippen LogP contribution in [0.5, 0.6) is 0 Å². The molecule has 2 heteroatoms. The fourth-order valence-electron chi connectivity index (χ4n) is 2.27. The molecule has 0 aliphatic carbocycles. The standard InChI is InChI=1S/C16H21BrO/c1-2-3-4-5-6-7-8-15-12-13-11-14(17)9-10-16(13)18-15/h9-12H,2-8H2,1H3. The Labute approximate surface area is 118 Å². The maximum atomic E-state index is 5.83. The normalized spacial score (nSPS) is 11.2. The van der Waals surface area contributed by atoms with Crippen molar-refractivity contribution in [2.75, 3.05) is 0 Å².